The Morgan fingerprint density at radius 3 is 2.70 bits per heavy atom. The van der Waals surface area contributed by atoms with Crippen LogP contribution in [0.4, 0.5) is 0 Å². The lowest BCUT2D eigenvalue weighted by molar-refractivity contribution is 0.104. The molecule has 0 saturated heterocycles. The summed E-state index contributed by atoms with van der Waals surface area (Å²) in [6.45, 7) is 0. The zero-order chi connectivity index (χ0) is 13.8. The van der Waals surface area contributed by atoms with Crippen molar-refractivity contribution in [1.29, 1.82) is 0 Å². The van der Waals surface area contributed by atoms with Gasteiger partial charge in [0.25, 0.3) is 0 Å². The lowest BCUT2D eigenvalue weighted by Crippen LogP contribution is -1.96. The van der Waals surface area contributed by atoms with E-state index in [1.165, 1.54) is 0 Å². The predicted molar refractivity (Wildman–Crippen MR) is 77.7 cm³/mol. The van der Waals surface area contributed by atoms with E-state index in [1.807, 2.05) is 53.4 Å². The first-order chi connectivity index (χ1) is 9.83. The highest BCUT2D eigenvalue weighted by Crippen LogP contribution is 2.10. The Bertz CT molecular complexity index is 708. The average molecular weight is 263 g/mol. The van der Waals surface area contributed by atoms with Crippen molar-refractivity contribution in [3.63, 3.8) is 0 Å². The van der Waals surface area contributed by atoms with Gasteiger partial charge in [0.05, 0.1) is 6.33 Å². The van der Waals surface area contributed by atoms with E-state index in [1.54, 1.807) is 24.7 Å². The molecule has 2 heterocycles. The van der Waals surface area contributed by atoms with Crippen molar-refractivity contribution >= 4 is 11.9 Å². The molecule has 4 heteroatoms. The number of nitrogens with zero attached hydrogens (tertiary/aromatic N) is 2. The summed E-state index contributed by atoms with van der Waals surface area (Å²) >= 11 is 0. The number of allylic oxidation sites excluding steroid dienone is 1. The number of hydrogen-bond acceptors (Lipinski definition) is 2. The summed E-state index contributed by atoms with van der Waals surface area (Å²) in [6.07, 6.45) is 10.5. The van der Waals surface area contributed by atoms with E-state index in [4.69, 9.17) is 0 Å². The topological polar surface area (TPSA) is 50.7 Å². The standard InChI is InChI=1S/C16H13N3O/c20-16(8-5-14-2-1-9-18-14)13-3-6-15(7-4-13)19-11-10-17-12-19/h1-12,18H/b8-5+. The molecule has 20 heavy (non-hydrogen) atoms. The molecule has 0 bridgehead atoms. The molecule has 0 aliphatic carbocycles. The van der Waals surface area contributed by atoms with Crippen molar-refractivity contribution in [2.24, 2.45) is 0 Å². The summed E-state index contributed by atoms with van der Waals surface area (Å²) in [5, 5.41) is 0. The molecule has 3 rings (SSSR count). The number of aromatic nitrogens is 3. The summed E-state index contributed by atoms with van der Waals surface area (Å²) in [5.74, 6) is -0.0169. The molecular weight excluding hydrogens is 250 g/mol. The maximum Gasteiger partial charge on any atom is 0.185 e. The molecule has 0 fully saturated rings. The number of benzene rings is 1. The number of ketones is 1. The molecule has 1 N–H and O–H groups in total. The molecule has 0 amide bonds. The Labute approximate surface area is 116 Å². The molecule has 0 unspecified atom stereocenters. The minimum atomic E-state index is -0.0169. The van der Waals surface area contributed by atoms with Crippen molar-refractivity contribution in [3.05, 3.63) is 78.6 Å². The minimum Gasteiger partial charge on any atom is -0.362 e. The predicted octanol–water partition coefficient (Wildman–Crippen LogP) is 3.10. The lowest BCUT2D eigenvalue weighted by atomic mass is 10.1. The molecule has 0 aliphatic rings. The van der Waals surface area contributed by atoms with Crippen molar-refractivity contribution < 1.29 is 4.79 Å². The van der Waals surface area contributed by atoms with Crippen LogP contribution in [0.2, 0.25) is 0 Å². The van der Waals surface area contributed by atoms with Crippen LogP contribution in [0.25, 0.3) is 11.8 Å². The van der Waals surface area contributed by atoms with Gasteiger partial charge in [-0.15, -0.1) is 0 Å². The van der Waals surface area contributed by atoms with E-state index >= 15 is 0 Å². The first kappa shape index (κ1) is 12.2. The third-order valence-corrected chi connectivity index (χ3v) is 2.99. The average Bonchev–Trinajstić information content (AvgIpc) is 3.18. The Balaban J connectivity index is 1.76. The second-order valence-electron chi connectivity index (χ2n) is 4.34. The van der Waals surface area contributed by atoms with Gasteiger partial charge in [0, 0.05) is 35.5 Å². The Hall–Kier alpha value is -2.88. The highest BCUT2D eigenvalue weighted by molar-refractivity contribution is 6.06. The summed E-state index contributed by atoms with van der Waals surface area (Å²) in [5.41, 5.74) is 2.55. The van der Waals surface area contributed by atoms with Crippen molar-refractivity contribution in [1.82, 2.24) is 14.5 Å². The maximum absolute atomic E-state index is 12.0. The van der Waals surface area contributed by atoms with Crippen LogP contribution < -0.4 is 0 Å². The van der Waals surface area contributed by atoms with Crippen LogP contribution in [-0.4, -0.2) is 20.3 Å². The number of H-pyrrole nitrogens is 1. The third-order valence-electron chi connectivity index (χ3n) is 2.99. The number of hydrogen-bond donors (Lipinski definition) is 1. The van der Waals surface area contributed by atoms with Crippen LogP contribution in [-0.2, 0) is 0 Å². The monoisotopic (exact) mass is 263 g/mol. The van der Waals surface area contributed by atoms with E-state index in [0.29, 0.717) is 5.56 Å². The van der Waals surface area contributed by atoms with Gasteiger partial charge in [-0.1, -0.05) is 0 Å². The number of carbonyl (C=O) groups is 1. The van der Waals surface area contributed by atoms with Gasteiger partial charge < -0.3 is 9.55 Å². The van der Waals surface area contributed by atoms with Crippen LogP contribution in [0.3, 0.4) is 0 Å². The molecule has 0 radical (unpaired) electrons. The zero-order valence-corrected chi connectivity index (χ0v) is 10.7. The number of aromatic amines is 1. The van der Waals surface area contributed by atoms with Crippen LogP contribution in [0, 0.1) is 0 Å². The highest BCUT2D eigenvalue weighted by atomic mass is 16.1. The van der Waals surface area contributed by atoms with Crippen molar-refractivity contribution in [3.8, 4) is 5.69 Å². The number of nitrogens with one attached hydrogen (secondary N) is 1. The van der Waals surface area contributed by atoms with Gasteiger partial charge in [0.15, 0.2) is 5.78 Å². The van der Waals surface area contributed by atoms with Crippen LogP contribution in [0.1, 0.15) is 16.1 Å². The van der Waals surface area contributed by atoms with Gasteiger partial charge in [0.2, 0.25) is 0 Å². The number of rotatable bonds is 4. The maximum atomic E-state index is 12.0. The van der Waals surface area contributed by atoms with Crippen molar-refractivity contribution in [2.75, 3.05) is 0 Å². The minimum absolute atomic E-state index is 0.0169. The first-order valence-corrected chi connectivity index (χ1v) is 6.27. The lowest BCUT2D eigenvalue weighted by Gasteiger charge is -2.02. The molecule has 0 atom stereocenters. The molecule has 4 nitrogen and oxygen atoms in total. The number of carbonyl (C=O) groups excluding carboxylic acids is 1. The SMILES string of the molecule is O=C(/C=C/c1ccc[nH]1)c1ccc(-n2ccnc2)cc1. The van der Waals surface area contributed by atoms with Gasteiger partial charge in [-0.3, -0.25) is 4.79 Å². The van der Waals surface area contributed by atoms with Gasteiger partial charge >= 0.3 is 0 Å². The molecule has 2 aromatic heterocycles. The molecule has 0 spiro atoms. The van der Waals surface area contributed by atoms with Gasteiger partial charge in [0.1, 0.15) is 0 Å². The molecule has 3 aromatic rings. The van der Waals surface area contributed by atoms with E-state index < -0.39 is 0 Å². The highest BCUT2D eigenvalue weighted by Gasteiger charge is 2.02. The largest absolute Gasteiger partial charge is 0.362 e. The number of imidazole rings is 1. The van der Waals surface area contributed by atoms with Gasteiger partial charge in [-0.2, -0.15) is 0 Å². The summed E-state index contributed by atoms with van der Waals surface area (Å²) < 4.78 is 1.89. The Morgan fingerprint density at radius 1 is 1.20 bits per heavy atom. The Kier molecular flexibility index (Phi) is 3.29. The smallest absolute Gasteiger partial charge is 0.185 e. The van der Waals surface area contributed by atoms with Gasteiger partial charge in [-0.25, -0.2) is 4.98 Å². The molecule has 1 aromatic carbocycles. The van der Waals surface area contributed by atoms with E-state index in [0.717, 1.165) is 11.4 Å². The van der Waals surface area contributed by atoms with E-state index in [-0.39, 0.29) is 5.78 Å². The molecule has 98 valence electrons. The zero-order valence-electron chi connectivity index (χ0n) is 10.7. The first-order valence-electron chi connectivity index (χ1n) is 6.27. The van der Waals surface area contributed by atoms with E-state index in [9.17, 15) is 4.79 Å². The molecule has 0 aliphatic heterocycles. The normalized spacial score (nSPS) is 11.0. The molecule has 0 saturated carbocycles. The van der Waals surface area contributed by atoms with Gasteiger partial charge in [-0.05, 0) is 48.6 Å². The Morgan fingerprint density at radius 2 is 2.05 bits per heavy atom. The van der Waals surface area contributed by atoms with Crippen LogP contribution in [0.15, 0.2) is 67.4 Å². The molecular formula is C16H13N3O. The second kappa shape index (κ2) is 5.40. The summed E-state index contributed by atoms with van der Waals surface area (Å²) in [6, 6.07) is 11.2. The second-order valence-corrected chi connectivity index (χ2v) is 4.34. The summed E-state index contributed by atoms with van der Waals surface area (Å²) in [7, 11) is 0. The van der Waals surface area contributed by atoms with E-state index in [2.05, 4.69) is 9.97 Å². The fraction of sp³-hybridized carbons (Fsp3) is 0. The summed E-state index contributed by atoms with van der Waals surface area (Å²) in [4.78, 5) is 19.0. The van der Waals surface area contributed by atoms with Crippen molar-refractivity contribution in [2.45, 2.75) is 0 Å². The quantitative estimate of drug-likeness (QED) is 0.581. The fourth-order valence-corrected chi connectivity index (χ4v) is 1.92. The van der Waals surface area contributed by atoms with Crippen LogP contribution >= 0.6 is 0 Å². The van der Waals surface area contributed by atoms with Crippen LogP contribution in [0.5, 0.6) is 0 Å². The third kappa shape index (κ3) is 2.59. The fourth-order valence-electron chi connectivity index (χ4n) is 1.92.